The molecule has 0 aliphatic carbocycles. The number of nitrogens with one attached hydrogen (secondary N) is 1. The van der Waals surface area contributed by atoms with Crippen molar-refractivity contribution in [1.82, 2.24) is 9.55 Å². The van der Waals surface area contributed by atoms with E-state index in [1.54, 1.807) is 0 Å². The van der Waals surface area contributed by atoms with Gasteiger partial charge in [-0.2, -0.15) is 4.98 Å². The minimum atomic E-state index is 0.199. The standard InChI is InChI=1S/C8H15N5S/c1-4-13-6(9)12-7(10)14-8(13)11-5(2)3/h5H,4H2,1-3H3,(H3,9,10,12). The Labute approximate surface area is 86.5 Å². The molecule has 0 unspecified atom stereocenters. The van der Waals surface area contributed by atoms with Crippen molar-refractivity contribution in [2.45, 2.75) is 33.4 Å². The van der Waals surface area contributed by atoms with Crippen molar-refractivity contribution in [2.24, 2.45) is 4.99 Å². The van der Waals surface area contributed by atoms with Crippen LogP contribution in [0.4, 0.5) is 5.95 Å². The van der Waals surface area contributed by atoms with E-state index in [2.05, 4.69) is 9.98 Å². The van der Waals surface area contributed by atoms with Crippen LogP contribution in [0.1, 0.15) is 20.8 Å². The van der Waals surface area contributed by atoms with Gasteiger partial charge in [-0.25, -0.2) is 0 Å². The van der Waals surface area contributed by atoms with Gasteiger partial charge in [-0.3, -0.25) is 15.0 Å². The van der Waals surface area contributed by atoms with Crippen LogP contribution < -0.4 is 15.3 Å². The summed E-state index contributed by atoms with van der Waals surface area (Å²) in [5.41, 5.74) is 5.69. The zero-order valence-corrected chi connectivity index (χ0v) is 9.43. The van der Waals surface area contributed by atoms with Gasteiger partial charge in [-0.1, -0.05) is 11.3 Å². The maximum atomic E-state index is 7.45. The molecule has 14 heavy (non-hydrogen) atoms. The minimum Gasteiger partial charge on any atom is -0.369 e. The molecule has 1 aromatic heterocycles. The van der Waals surface area contributed by atoms with Gasteiger partial charge in [0.15, 0.2) is 4.80 Å². The van der Waals surface area contributed by atoms with E-state index in [9.17, 15) is 0 Å². The van der Waals surface area contributed by atoms with Gasteiger partial charge in [0.25, 0.3) is 0 Å². The lowest BCUT2D eigenvalue weighted by Gasteiger charge is -2.06. The molecule has 1 heterocycles. The summed E-state index contributed by atoms with van der Waals surface area (Å²) >= 11 is 1.24. The van der Waals surface area contributed by atoms with Crippen molar-refractivity contribution in [2.75, 3.05) is 5.73 Å². The van der Waals surface area contributed by atoms with Gasteiger partial charge in [0.05, 0.1) is 0 Å². The zero-order chi connectivity index (χ0) is 10.7. The van der Waals surface area contributed by atoms with Crippen LogP contribution in [0.5, 0.6) is 0 Å². The zero-order valence-electron chi connectivity index (χ0n) is 8.61. The summed E-state index contributed by atoms with van der Waals surface area (Å²) < 4.78 is 1.81. The Hall–Kier alpha value is -1.17. The maximum Gasteiger partial charge on any atom is 0.208 e. The van der Waals surface area contributed by atoms with Crippen molar-refractivity contribution in [3.63, 3.8) is 0 Å². The third-order valence-corrected chi connectivity index (χ3v) is 2.39. The molecule has 3 N–H and O–H groups in total. The maximum absolute atomic E-state index is 7.45. The molecule has 6 heteroatoms. The quantitative estimate of drug-likeness (QED) is 0.742. The van der Waals surface area contributed by atoms with Gasteiger partial charge >= 0.3 is 0 Å². The third-order valence-electron chi connectivity index (χ3n) is 1.60. The fraction of sp³-hybridized carbons (Fsp3) is 0.625. The molecule has 0 radical (unpaired) electrons. The number of nitrogen functional groups attached to an aromatic ring is 1. The highest BCUT2D eigenvalue weighted by atomic mass is 32.1. The molecular formula is C8H15N5S. The second-order valence-electron chi connectivity index (χ2n) is 3.13. The van der Waals surface area contributed by atoms with Crippen LogP contribution in [0.2, 0.25) is 0 Å². The Kier molecular flexibility index (Phi) is 3.40. The molecule has 1 aromatic rings. The highest BCUT2D eigenvalue weighted by Crippen LogP contribution is 1.92. The average Bonchev–Trinajstić information content (AvgIpc) is 2.01. The minimum absolute atomic E-state index is 0.199. The number of nitrogens with two attached hydrogens (primary N) is 1. The summed E-state index contributed by atoms with van der Waals surface area (Å²) in [4.78, 5) is 9.24. The molecule has 0 aliphatic heterocycles. The Morgan fingerprint density at radius 3 is 2.79 bits per heavy atom. The Morgan fingerprint density at radius 2 is 2.29 bits per heavy atom. The molecule has 0 bridgehead atoms. The van der Waals surface area contributed by atoms with Crippen LogP contribution in [0.3, 0.4) is 0 Å². The Balaban J connectivity index is 3.48. The van der Waals surface area contributed by atoms with Crippen LogP contribution in [-0.2, 0) is 6.54 Å². The summed E-state index contributed by atoms with van der Waals surface area (Å²) in [6.45, 7) is 6.69. The van der Waals surface area contributed by atoms with Crippen molar-refractivity contribution >= 4 is 17.3 Å². The van der Waals surface area contributed by atoms with E-state index in [1.165, 1.54) is 11.3 Å². The fourth-order valence-electron chi connectivity index (χ4n) is 1.04. The van der Waals surface area contributed by atoms with Gasteiger partial charge < -0.3 is 5.73 Å². The van der Waals surface area contributed by atoms with Crippen molar-refractivity contribution in [3.8, 4) is 0 Å². The van der Waals surface area contributed by atoms with E-state index in [1.807, 2.05) is 25.3 Å². The molecule has 0 aromatic carbocycles. The van der Waals surface area contributed by atoms with Gasteiger partial charge in [0.2, 0.25) is 10.7 Å². The smallest absolute Gasteiger partial charge is 0.208 e. The van der Waals surface area contributed by atoms with E-state index in [0.717, 1.165) is 11.3 Å². The number of hydrogen-bond acceptors (Lipinski definition) is 5. The summed E-state index contributed by atoms with van der Waals surface area (Å²) in [6.07, 6.45) is 0. The molecule has 78 valence electrons. The van der Waals surface area contributed by atoms with E-state index in [4.69, 9.17) is 11.1 Å². The number of hydrogen-bond donors (Lipinski definition) is 2. The largest absolute Gasteiger partial charge is 0.369 e. The molecule has 0 spiro atoms. The number of rotatable bonds is 2. The topological polar surface area (TPSA) is 80.0 Å². The van der Waals surface area contributed by atoms with E-state index >= 15 is 0 Å². The van der Waals surface area contributed by atoms with Crippen LogP contribution in [0.25, 0.3) is 0 Å². The first kappa shape index (κ1) is 10.9. The highest BCUT2D eigenvalue weighted by molar-refractivity contribution is 7.06. The lowest BCUT2D eigenvalue weighted by Crippen LogP contribution is -2.27. The lowest BCUT2D eigenvalue weighted by molar-refractivity contribution is 0.688. The Bertz CT molecular complexity index is 428. The molecule has 0 saturated heterocycles. The van der Waals surface area contributed by atoms with E-state index in [0.29, 0.717) is 5.95 Å². The molecule has 0 fully saturated rings. The molecule has 1 rings (SSSR count). The van der Waals surface area contributed by atoms with Crippen molar-refractivity contribution in [1.29, 1.82) is 5.41 Å². The summed E-state index contributed by atoms with van der Waals surface area (Å²) in [7, 11) is 0. The van der Waals surface area contributed by atoms with Crippen LogP contribution in [0.15, 0.2) is 4.99 Å². The first-order valence-electron chi connectivity index (χ1n) is 4.50. The van der Waals surface area contributed by atoms with Crippen LogP contribution in [0, 0.1) is 5.41 Å². The third kappa shape index (κ3) is 2.41. The second-order valence-corrected chi connectivity index (χ2v) is 4.08. The fourth-order valence-corrected chi connectivity index (χ4v) is 1.95. The number of anilines is 1. The predicted octanol–water partition coefficient (Wildman–Crippen LogP) is 0.335. The van der Waals surface area contributed by atoms with Crippen molar-refractivity contribution in [3.05, 3.63) is 9.60 Å². The van der Waals surface area contributed by atoms with E-state index < -0.39 is 0 Å². The van der Waals surface area contributed by atoms with Gasteiger partial charge in [0, 0.05) is 12.6 Å². The lowest BCUT2D eigenvalue weighted by atomic mass is 10.4. The second kappa shape index (κ2) is 4.36. The molecule has 5 nitrogen and oxygen atoms in total. The van der Waals surface area contributed by atoms with Gasteiger partial charge in [0.1, 0.15) is 0 Å². The summed E-state index contributed by atoms with van der Waals surface area (Å²) in [5, 5.41) is 7.45. The number of aromatic nitrogens is 2. The molecule has 0 amide bonds. The van der Waals surface area contributed by atoms with Crippen LogP contribution in [-0.4, -0.2) is 15.6 Å². The summed E-state index contributed by atoms with van der Waals surface area (Å²) in [5.74, 6) is 0.357. The summed E-state index contributed by atoms with van der Waals surface area (Å²) in [6, 6.07) is 0.199. The molecule has 0 atom stereocenters. The Morgan fingerprint density at radius 1 is 1.64 bits per heavy atom. The van der Waals surface area contributed by atoms with Gasteiger partial charge in [-0.15, -0.1) is 0 Å². The SMILES string of the molecule is CCn1c(N)nc(=N)sc1=NC(C)C. The predicted molar refractivity (Wildman–Crippen MR) is 56.7 cm³/mol. The van der Waals surface area contributed by atoms with Gasteiger partial charge in [-0.05, 0) is 20.8 Å². The van der Waals surface area contributed by atoms with E-state index in [-0.39, 0.29) is 10.8 Å². The normalized spacial score (nSPS) is 12.4. The molecular weight excluding hydrogens is 198 g/mol. The molecule has 0 saturated carbocycles. The first-order valence-corrected chi connectivity index (χ1v) is 5.32. The average molecular weight is 213 g/mol. The van der Waals surface area contributed by atoms with Crippen LogP contribution >= 0.6 is 11.3 Å². The number of nitrogens with zero attached hydrogens (tertiary/aromatic N) is 3. The van der Waals surface area contributed by atoms with Crippen molar-refractivity contribution < 1.29 is 0 Å². The highest BCUT2D eigenvalue weighted by Gasteiger charge is 2.00. The first-order chi connectivity index (χ1) is 6.54. The monoisotopic (exact) mass is 213 g/mol. The molecule has 0 aliphatic rings.